The van der Waals surface area contributed by atoms with Gasteiger partial charge in [0.2, 0.25) is 0 Å². The quantitative estimate of drug-likeness (QED) is 0.164. The van der Waals surface area contributed by atoms with Gasteiger partial charge in [0.15, 0.2) is 0 Å². The molecule has 0 aliphatic carbocycles. The topological polar surface area (TPSA) is 43.7 Å². The van der Waals surface area contributed by atoms with E-state index in [1.54, 1.807) is 0 Å². The zero-order chi connectivity index (χ0) is 31.2. The van der Waals surface area contributed by atoms with Crippen LogP contribution in [0.25, 0.3) is 11.1 Å². The maximum Gasteiger partial charge on any atom is 3.00 e. The van der Waals surface area contributed by atoms with E-state index in [4.69, 9.17) is 0 Å². The summed E-state index contributed by atoms with van der Waals surface area (Å²) in [6, 6.07) is 37.8. The molecule has 2 N–H and O–H groups in total. The zero-order valence-corrected chi connectivity index (χ0v) is 30.0. The molecular formula is C39H42BrNO2Zr+. The third-order valence-corrected chi connectivity index (χ3v) is 7.52. The first kappa shape index (κ1) is 37.0. The van der Waals surface area contributed by atoms with Gasteiger partial charge in [0.1, 0.15) is 11.5 Å². The monoisotopic (exact) mass is 725 g/mol. The first-order valence-electron chi connectivity index (χ1n) is 14.4. The summed E-state index contributed by atoms with van der Waals surface area (Å²) in [5, 5.41) is 21.1. The van der Waals surface area contributed by atoms with E-state index >= 15 is 0 Å². The molecule has 5 heteroatoms. The molecule has 0 aliphatic heterocycles. The van der Waals surface area contributed by atoms with Gasteiger partial charge in [0.05, 0.1) is 4.47 Å². The Morgan fingerprint density at radius 1 is 0.614 bits per heavy atom. The molecule has 0 amide bonds. The predicted molar refractivity (Wildman–Crippen MR) is 186 cm³/mol. The van der Waals surface area contributed by atoms with Gasteiger partial charge in [0.25, 0.3) is 0 Å². The fraction of sp³-hybridized carbons (Fsp3) is 0.179. The molecule has 0 fully saturated rings. The molecule has 5 rings (SSSR count). The van der Waals surface area contributed by atoms with Crippen LogP contribution in [0.4, 0.5) is 0 Å². The van der Waals surface area contributed by atoms with Crippen molar-refractivity contribution in [3.63, 3.8) is 0 Å². The van der Waals surface area contributed by atoms with Gasteiger partial charge in [-0.05, 0) is 89.6 Å². The third kappa shape index (κ3) is 12.4. The molecule has 3 nitrogen and oxygen atoms in total. The summed E-state index contributed by atoms with van der Waals surface area (Å²) < 4.78 is 0.744. The molecule has 0 atom stereocenters. The molecule has 225 valence electrons. The number of halogens is 1. The van der Waals surface area contributed by atoms with Crippen molar-refractivity contribution in [3.05, 3.63) is 167 Å². The molecule has 0 saturated heterocycles. The zero-order valence-electron chi connectivity index (χ0n) is 25.9. The number of aromatic hydroxyl groups is 2. The first-order valence-corrected chi connectivity index (χ1v) is 15.2. The summed E-state index contributed by atoms with van der Waals surface area (Å²) in [6.07, 6.45) is 1.55. The Hall–Kier alpha value is -3.24. The molecular weight excluding hydrogens is 686 g/mol. The van der Waals surface area contributed by atoms with Crippen LogP contribution >= 0.6 is 15.9 Å². The van der Waals surface area contributed by atoms with E-state index < -0.39 is 0 Å². The molecule has 0 spiro atoms. The Morgan fingerprint density at radius 2 is 1.02 bits per heavy atom. The van der Waals surface area contributed by atoms with Gasteiger partial charge in [-0.25, -0.2) is 0 Å². The fourth-order valence-electron chi connectivity index (χ4n) is 4.57. The van der Waals surface area contributed by atoms with Crippen LogP contribution in [0.3, 0.4) is 0 Å². The van der Waals surface area contributed by atoms with Crippen molar-refractivity contribution >= 4 is 15.9 Å². The Balaban J connectivity index is 0.000000367. The summed E-state index contributed by atoms with van der Waals surface area (Å²) >= 11 is 3.41. The van der Waals surface area contributed by atoms with E-state index in [0.717, 1.165) is 74.9 Å². The summed E-state index contributed by atoms with van der Waals surface area (Å²) in [5.74, 6) is 0.697. The maximum atomic E-state index is 10.8. The van der Waals surface area contributed by atoms with Crippen LogP contribution in [0.1, 0.15) is 33.4 Å². The number of hydrogen-bond donors (Lipinski definition) is 2. The van der Waals surface area contributed by atoms with Gasteiger partial charge in [-0.3, -0.25) is 0 Å². The molecule has 0 aliphatic rings. The fourth-order valence-corrected chi connectivity index (χ4v) is 5.19. The molecule has 0 bridgehead atoms. The Morgan fingerprint density at radius 3 is 1.45 bits per heavy atom. The van der Waals surface area contributed by atoms with E-state index in [-0.39, 0.29) is 26.2 Å². The predicted octanol–water partition coefficient (Wildman–Crippen LogP) is 9.60. The van der Waals surface area contributed by atoms with Crippen molar-refractivity contribution in [1.29, 1.82) is 0 Å². The number of nitrogens with zero attached hydrogens (tertiary/aromatic N) is 1. The molecule has 5 aromatic rings. The average Bonchev–Trinajstić information content (AvgIpc) is 3.00. The van der Waals surface area contributed by atoms with E-state index in [1.165, 1.54) is 0 Å². The maximum absolute atomic E-state index is 10.8. The van der Waals surface area contributed by atoms with Gasteiger partial charge in [-0.1, -0.05) is 54.6 Å². The Labute approximate surface area is 291 Å². The number of phenolic OH excluding ortho intramolecular Hbond substituents is 2. The summed E-state index contributed by atoms with van der Waals surface area (Å²) in [4.78, 5) is 2.24. The van der Waals surface area contributed by atoms with Gasteiger partial charge in [0, 0.05) is 18.7 Å². The molecule has 0 unspecified atom stereocenters. The average molecular weight is 728 g/mol. The molecule has 5 aromatic carbocycles. The van der Waals surface area contributed by atoms with Gasteiger partial charge < -0.3 is 15.1 Å². The minimum Gasteiger partial charge on any atom is -0.507 e. The normalized spacial score (nSPS) is 10.1. The van der Waals surface area contributed by atoms with Crippen LogP contribution in [0.5, 0.6) is 11.5 Å². The second-order valence-corrected chi connectivity index (χ2v) is 11.6. The molecule has 44 heavy (non-hydrogen) atoms. The largest absolute Gasteiger partial charge is 3.00 e. The summed E-state index contributed by atoms with van der Waals surface area (Å²) in [7, 11) is 2.08. The summed E-state index contributed by atoms with van der Waals surface area (Å²) in [6.45, 7) is 13.2. The number of likely N-dealkylation sites (N-methyl/N-ethyl adjacent to an activating group) is 1. The number of benzene rings is 5. The number of rotatable bonds is 7. The van der Waals surface area contributed by atoms with Crippen LogP contribution in [0.15, 0.2) is 120 Å². The van der Waals surface area contributed by atoms with E-state index in [1.807, 2.05) is 116 Å². The van der Waals surface area contributed by atoms with Gasteiger partial charge in [-0.2, -0.15) is 49.2 Å². The van der Waals surface area contributed by atoms with Crippen molar-refractivity contribution in [2.24, 2.45) is 0 Å². The number of phenols is 2. The van der Waals surface area contributed by atoms with Crippen LogP contribution in [-0.4, -0.2) is 35.3 Å². The number of hydrogen-bond acceptors (Lipinski definition) is 3. The van der Waals surface area contributed by atoms with Crippen LogP contribution in [0.2, 0.25) is 0 Å². The standard InChI is InChI=1S/C25H28BrNO2.2C7H7.Zr/c1-17-13-20(24(28)22(15-17)19-7-5-4-6-8-19)9-11-27(3)12-10-21-14-18(2)16-23(26)25(21)29;2*1-7-5-3-2-4-6-7;/h4-8,13-16,28-29H,9-12H2,1-3H3;2*2-6H,1H2;/q;2*-1;+3. The van der Waals surface area contributed by atoms with E-state index in [0.29, 0.717) is 11.5 Å². The molecule has 0 saturated carbocycles. The first-order chi connectivity index (χ1) is 20.6. The molecule has 0 aromatic heterocycles. The van der Waals surface area contributed by atoms with Gasteiger partial charge >= 0.3 is 26.2 Å². The van der Waals surface area contributed by atoms with Crippen LogP contribution in [0, 0.1) is 27.7 Å². The third-order valence-electron chi connectivity index (χ3n) is 6.92. The summed E-state index contributed by atoms with van der Waals surface area (Å²) in [5.41, 5.74) is 8.26. The van der Waals surface area contributed by atoms with Crippen LogP contribution in [-0.2, 0) is 39.0 Å². The number of aryl methyl sites for hydroxylation is 2. The van der Waals surface area contributed by atoms with E-state index in [2.05, 4.69) is 54.7 Å². The minimum atomic E-state index is 0. The molecule has 0 heterocycles. The van der Waals surface area contributed by atoms with Crippen molar-refractivity contribution in [3.8, 4) is 22.6 Å². The van der Waals surface area contributed by atoms with Crippen molar-refractivity contribution in [1.82, 2.24) is 4.90 Å². The smallest absolute Gasteiger partial charge is 0.507 e. The SMILES string of the molecule is Cc1cc(Br)c(O)c(CCN(C)CCc2cc(C)cc(-c3ccccc3)c2O)c1.[CH2-]c1ccccc1.[CH2-]c1ccccc1.[Zr+3]. The Bertz CT molecular complexity index is 1510. The van der Waals surface area contributed by atoms with Crippen LogP contribution < -0.4 is 0 Å². The second kappa shape index (κ2) is 19.2. The van der Waals surface area contributed by atoms with Crippen molar-refractivity contribution in [2.75, 3.05) is 20.1 Å². The van der Waals surface area contributed by atoms with E-state index in [9.17, 15) is 10.2 Å². The minimum absolute atomic E-state index is 0. The Kier molecular flexibility index (Phi) is 16.1. The van der Waals surface area contributed by atoms with Gasteiger partial charge in [-0.15, -0.1) is 24.3 Å². The second-order valence-electron chi connectivity index (χ2n) is 10.7. The van der Waals surface area contributed by atoms with Crippen molar-refractivity contribution < 1.29 is 36.4 Å². The molecule has 1 radical (unpaired) electrons. The van der Waals surface area contributed by atoms with Crippen molar-refractivity contribution in [2.45, 2.75) is 26.7 Å².